The summed E-state index contributed by atoms with van der Waals surface area (Å²) in [6.45, 7) is 3.23. The topological polar surface area (TPSA) is 24.0 Å². The highest BCUT2D eigenvalue weighted by Crippen LogP contribution is 2.22. The minimum atomic E-state index is -0.209. The van der Waals surface area contributed by atoms with Gasteiger partial charge in [0.2, 0.25) is 0 Å². The molecular weight excluding hydrogens is 273 g/mol. The van der Waals surface area contributed by atoms with Gasteiger partial charge in [-0.15, -0.1) is 0 Å². The van der Waals surface area contributed by atoms with E-state index in [0.717, 1.165) is 29.9 Å². The van der Waals surface area contributed by atoms with E-state index in [1.165, 1.54) is 32.0 Å². The van der Waals surface area contributed by atoms with E-state index in [2.05, 4.69) is 16.9 Å². The number of nitrogens with zero attached hydrogens (tertiary/aromatic N) is 2. The van der Waals surface area contributed by atoms with E-state index < -0.39 is 0 Å². The molecule has 20 heavy (non-hydrogen) atoms. The molecule has 2 aromatic rings. The molecule has 0 unspecified atom stereocenters. The Bertz CT molecular complexity index is 653. The van der Waals surface area contributed by atoms with E-state index in [9.17, 15) is 4.39 Å². The summed E-state index contributed by atoms with van der Waals surface area (Å²) in [6.07, 6.45) is 3.62. The van der Waals surface area contributed by atoms with Gasteiger partial charge in [-0.2, -0.15) is 0 Å². The van der Waals surface area contributed by atoms with Crippen LogP contribution < -0.4 is 0 Å². The molecule has 2 heterocycles. The molecular formula is C15H20FN3S. The number of likely N-dealkylation sites (tertiary alicyclic amines) is 1. The van der Waals surface area contributed by atoms with Crippen LogP contribution in [0.4, 0.5) is 4.39 Å². The zero-order valence-electron chi connectivity index (χ0n) is 11.7. The maximum atomic E-state index is 13.4. The number of H-pyrrole nitrogens is 1. The molecule has 108 valence electrons. The Labute approximate surface area is 123 Å². The lowest BCUT2D eigenvalue weighted by Crippen LogP contribution is -2.30. The molecule has 1 N–H and O–H groups in total. The van der Waals surface area contributed by atoms with Gasteiger partial charge in [-0.1, -0.05) is 0 Å². The first-order chi connectivity index (χ1) is 9.63. The number of aromatic nitrogens is 2. The van der Waals surface area contributed by atoms with Crippen molar-refractivity contribution in [2.75, 3.05) is 20.1 Å². The maximum Gasteiger partial charge on any atom is 0.178 e. The number of benzene rings is 1. The second-order valence-electron chi connectivity index (χ2n) is 5.78. The predicted molar refractivity (Wildman–Crippen MR) is 81.9 cm³/mol. The van der Waals surface area contributed by atoms with Gasteiger partial charge in [0.05, 0.1) is 11.0 Å². The number of halogens is 1. The van der Waals surface area contributed by atoms with Crippen LogP contribution in [-0.4, -0.2) is 34.6 Å². The van der Waals surface area contributed by atoms with Crippen molar-refractivity contribution in [3.63, 3.8) is 0 Å². The van der Waals surface area contributed by atoms with Crippen LogP contribution in [0, 0.1) is 16.5 Å². The second kappa shape index (κ2) is 5.66. The molecule has 0 spiro atoms. The minimum absolute atomic E-state index is 0.209. The lowest BCUT2D eigenvalue weighted by atomic mass is 9.94. The normalized spacial score (nSPS) is 17.9. The quantitative estimate of drug-likeness (QED) is 0.875. The van der Waals surface area contributed by atoms with Crippen LogP contribution in [0.1, 0.15) is 19.3 Å². The third-order valence-corrected chi connectivity index (χ3v) is 4.66. The standard InChI is InChI=1S/C15H20FN3S/c1-18-7-4-11(5-8-18)6-9-19-14-10-12(16)2-3-13(14)17-15(19)20/h2-3,10-11H,4-9H2,1H3,(H,17,20). The molecule has 0 aliphatic carbocycles. The third-order valence-electron chi connectivity index (χ3n) is 4.34. The minimum Gasteiger partial charge on any atom is -0.331 e. The highest BCUT2D eigenvalue weighted by molar-refractivity contribution is 7.71. The number of hydrogen-bond acceptors (Lipinski definition) is 2. The molecule has 1 saturated heterocycles. The third kappa shape index (κ3) is 2.79. The number of rotatable bonds is 3. The molecule has 0 amide bonds. The van der Waals surface area contributed by atoms with E-state index in [-0.39, 0.29) is 5.82 Å². The van der Waals surface area contributed by atoms with Crippen LogP contribution >= 0.6 is 12.2 Å². The smallest absolute Gasteiger partial charge is 0.178 e. The highest BCUT2D eigenvalue weighted by Gasteiger charge is 2.17. The summed E-state index contributed by atoms with van der Waals surface area (Å²) in [5.74, 6) is 0.547. The van der Waals surface area contributed by atoms with Gasteiger partial charge in [-0.25, -0.2) is 4.39 Å². The number of piperidine rings is 1. The van der Waals surface area contributed by atoms with Crippen molar-refractivity contribution in [1.29, 1.82) is 0 Å². The molecule has 1 aromatic heterocycles. The number of imidazole rings is 1. The predicted octanol–water partition coefficient (Wildman–Crippen LogP) is 3.57. The van der Waals surface area contributed by atoms with Crippen LogP contribution in [0.25, 0.3) is 11.0 Å². The first kappa shape index (κ1) is 13.8. The molecule has 1 aromatic carbocycles. The molecule has 3 rings (SSSR count). The number of fused-ring (bicyclic) bond motifs is 1. The second-order valence-corrected chi connectivity index (χ2v) is 6.17. The lowest BCUT2D eigenvalue weighted by Gasteiger charge is -2.28. The van der Waals surface area contributed by atoms with Crippen molar-refractivity contribution >= 4 is 23.3 Å². The van der Waals surface area contributed by atoms with Gasteiger partial charge < -0.3 is 14.5 Å². The van der Waals surface area contributed by atoms with Crippen molar-refractivity contribution in [3.8, 4) is 0 Å². The number of aromatic amines is 1. The molecule has 0 bridgehead atoms. The van der Waals surface area contributed by atoms with Gasteiger partial charge in [0.15, 0.2) is 4.77 Å². The first-order valence-corrected chi connectivity index (χ1v) is 7.61. The van der Waals surface area contributed by atoms with E-state index >= 15 is 0 Å². The fourth-order valence-electron chi connectivity index (χ4n) is 3.01. The van der Waals surface area contributed by atoms with Gasteiger partial charge in [-0.3, -0.25) is 0 Å². The summed E-state index contributed by atoms with van der Waals surface area (Å²) in [7, 11) is 2.18. The Balaban J connectivity index is 1.75. The van der Waals surface area contributed by atoms with E-state index in [4.69, 9.17) is 12.2 Å². The van der Waals surface area contributed by atoms with Gasteiger partial charge in [0.25, 0.3) is 0 Å². The fraction of sp³-hybridized carbons (Fsp3) is 0.533. The summed E-state index contributed by atoms with van der Waals surface area (Å²) in [5, 5.41) is 0. The van der Waals surface area contributed by atoms with Gasteiger partial charge in [-0.05, 0) is 75.7 Å². The van der Waals surface area contributed by atoms with Crippen LogP contribution in [-0.2, 0) is 6.54 Å². The summed E-state index contributed by atoms with van der Waals surface area (Å²) in [6, 6.07) is 4.79. The number of hydrogen-bond donors (Lipinski definition) is 1. The highest BCUT2D eigenvalue weighted by atomic mass is 32.1. The number of aryl methyl sites for hydroxylation is 1. The average Bonchev–Trinajstić information content (AvgIpc) is 2.73. The molecule has 1 aliphatic heterocycles. The molecule has 0 atom stereocenters. The van der Waals surface area contributed by atoms with E-state index in [0.29, 0.717) is 4.77 Å². The average molecular weight is 293 g/mol. The van der Waals surface area contributed by atoms with E-state index in [1.54, 1.807) is 12.1 Å². The largest absolute Gasteiger partial charge is 0.331 e. The Morgan fingerprint density at radius 2 is 2.10 bits per heavy atom. The lowest BCUT2D eigenvalue weighted by molar-refractivity contribution is 0.208. The van der Waals surface area contributed by atoms with Crippen molar-refractivity contribution in [1.82, 2.24) is 14.5 Å². The molecule has 1 fully saturated rings. The monoisotopic (exact) mass is 293 g/mol. The summed E-state index contributed by atoms with van der Waals surface area (Å²) >= 11 is 5.36. The molecule has 3 nitrogen and oxygen atoms in total. The van der Waals surface area contributed by atoms with Gasteiger partial charge in [0.1, 0.15) is 5.82 Å². The molecule has 0 radical (unpaired) electrons. The zero-order valence-corrected chi connectivity index (χ0v) is 12.5. The zero-order chi connectivity index (χ0) is 14.1. The Morgan fingerprint density at radius 3 is 2.85 bits per heavy atom. The molecule has 5 heteroatoms. The van der Waals surface area contributed by atoms with Crippen LogP contribution in [0.15, 0.2) is 18.2 Å². The van der Waals surface area contributed by atoms with Crippen LogP contribution in [0.5, 0.6) is 0 Å². The molecule has 0 saturated carbocycles. The maximum absolute atomic E-state index is 13.4. The van der Waals surface area contributed by atoms with Crippen molar-refractivity contribution in [3.05, 3.63) is 28.8 Å². The Morgan fingerprint density at radius 1 is 1.35 bits per heavy atom. The van der Waals surface area contributed by atoms with E-state index in [1.807, 2.05) is 4.57 Å². The summed E-state index contributed by atoms with van der Waals surface area (Å²) in [5.41, 5.74) is 1.79. The van der Waals surface area contributed by atoms with Gasteiger partial charge in [0, 0.05) is 6.54 Å². The molecule has 1 aliphatic rings. The Hall–Kier alpha value is -1.20. The van der Waals surface area contributed by atoms with Crippen molar-refractivity contribution < 1.29 is 4.39 Å². The SMILES string of the molecule is CN1CCC(CCn2c(=S)[nH]c3ccc(F)cc32)CC1. The fourth-order valence-corrected chi connectivity index (χ4v) is 3.31. The summed E-state index contributed by atoms with van der Waals surface area (Å²) < 4.78 is 16.1. The van der Waals surface area contributed by atoms with Gasteiger partial charge >= 0.3 is 0 Å². The van der Waals surface area contributed by atoms with Crippen molar-refractivity contribution in [2.24, 2.45) is 5.92 Å². The van der Waals surface area contributed by atoms with Crippen LogP contribution in [0.3, 0.4) is 0 Å². The first-order valence-electron chi connectivity index (χ1n) is 7.20. The van der Waals surface area contributed by atoms with Crippen molar-refractivity contribution in [2.45, 2.75) is 25.8 Å². The number of nitrogens with one attached hydrogen (secondary N) is 1. The summed E-state index contributed by atoms with van der Waals surface area (Å²) in [4.78, 5) is 5.53. The van der Waals surface area contributed by atoms with Crippen LogP contribution in [0.2, 0.25) is 0 Å². The Kier molecular flexibility index (Phi) is 3.89.